The van der Waals surface area contributed by atoms with Gasteiger partial charge < -0.3 is 13.6 Å². The van der Waals surface area contributed by atoms with Crippen molar-refractivity contribution in [3.63, 3.8) is 0 Å². The zero-order valence-corrected chi connectivity index (χ0v) is 28.5. The van der Waals surface area contributed by atoms with Gasteiger partial charge in [-0.2, -0.15) is 0 Å². The Bertz CT molecular complexity index is 3540. The van der Waals surface area contributed by atoms with Gasteiger partial charge in [-0.05, 0) is 86.9 Å². The summed E-state index contributed by atoms with van der Waals surface area (Å²) >= 11 is 0. The molecule has 0 aliphatic heterocycles. The van der Waals surface area contributed by atoms with Gasteiger partial charge in [0, 0.05) is 38.0 Å². The quantitative estimate of drug-likeness (QED) is 0.179. The van der Waals surface area contributed by atoms with Crippen LogP contribution in [0.4, 0.5) is 0 Å². The summed E-state index contributed by atoms with van der Waals surface area (Å²) in [7, 11) is 0. The summed E-state index contributed by atoms with van der Waals surface area (Å²) in [6, 6.07) is 62.3. The van der Waals surface area contributed by atoms with E-state index in [-0.39, 0.29) is 0 Å². The summed E-state index contributed by atoms with van der Waals surface area (Å²) < 4.78 is 11.5. The lowest BCUT2D eigenvalue weighted by atomic mass is 10.0. The van der Waals surface area contributed by atoms with Crippen molar-refractivity contribution in [1.82, 2.24) is 9.13 Å². The number of nitrogens with zero attached hydrogens (tertiary/aromatic N) is 2. The molecule has 0 bridgehead atoms. The molecule has 244 valence electrons. The highest BCUT2D eigenvalue weighted by Gasteiger charge is 2.26. The fourth-order valence-corrected chi connectivity index (χ4v) is 9.67. The van der Waals surface area contributed by atoms with Crippen LogP contribution < -0.4 is 0 Å². The second-order valence-corrected chi connectivity index (χ2v) is 14.4. The zero-order chi connectivity index (χ0) is 34.4. The molecule has 0 N–H and O–H groups in total. The Labute approximate surface area is 303 Å². The fourth-order valence-electron chi connectivity index (χ4n) is 9.67. The molecule has 3 heterocycles. The molecule has 0 fully saturated rings. The van der Waals surface area contributed by atoms with E-state index in [0.717, 1.165) is 27.6 Å². The molecule has 0 saturated heterocycles. The van der Waals surface area contributed by atoms with Crippen LogP contribution in [0.25, 0.3) is 121 Å². The monoisotopic (exact) mass is 672 g/mol. The van der Waals surface area contributed by atoms with Crippen molar-refractivity contribution in [2.24, 2.45) is 0 Å². The van der Waals surface area contributed by atoms with E-state index in [1.807, 2.05) is 0 Å². The molecule has 13 rings (SSSR count). The average molecular weight is 673 g/mol. The second-order valence-electron chi connectivity index (χ2n) is 14.4. The van der Waals surface area contributed by atoms with Crippen molar-refractivity contribution < 1.29 is 4.42 Å². The van der Waals surface area contributed by atoms with Gasteiger partial charge in [-0.25, -0.2) is 0 Å². The number of para-hydroxylation sites is 2. The van der Waals surface area contributed by atoms with Crippen LogP contribution in [0.15, 0.2) is 174 Å². The van der Waals surface area contributed by atoms with Crippen molar-refractivity contribution >= 4 is 87.1 Å². The molecule has 12 aromatic rings. The minimum Gasteiger partial charge on any atom is -0.456 e. The van der Waals surface area contributed by atoms with Gasteiger partial charge in [0.25, 0.3) is 0 Å². The topological polar surface area (TPSA) is 23.0 Å². The normalized spacial score (nSPS) is 12.5. The molecule has 1 aliphatic rings. The largest absolute Gasteiger partial charge is 0.456 e. The van der Waals surface area contributed by atoms with Crippen LogP contribution in [0, 0.1) is 0 Å². The van der Waals surface area contributed by atoms with E-state index in [0.29, 0.717) is 0 Å². The van der Waals surface area contributed by atoms with E-state index in [2.05, 4.69) is 179 Å². The molecule has 0 atom stereocenters. The second kappa shape index (κ2) is 9.81. The van der Waals surface area contributed by atoms with E-state index in [4.69, 9.17) is 4.42 Å². The van der Waals surface area contributed by atoms with Gasteiger partial charge in [0.1, 0.15) is 11.2 Å². The molecule has 9 aromatic carbocycles. The maximum absolute atomic E-state index is 6.51. The lowest BCUT2D eigenvalue weighted by Crippen LogP contribution is -1.97. The average Bonchev–Trinajstić information content (AvgIpc) is 3.95. The van der Waals surface area contributed by atoms with Crippen molar-refractivity contribution in [1.29, 1.82) is 0 Å². The van der Waals surface area contributed by atoms with Crippen molar-refractivity contribution in [2.45, 2.75) is 0 Å². The molecule has 0 unspecified atom stereocenters. The number of hydrogen-bond acceptors (Lipinski definition) is 1. The Morgan fingerprint density at radius 1 is 0.340 bits per heavy atom. The third-order valence-corrected chi connectivity index (χ3v) is 11.8. The number of aromatic nitrogens is 2. The van der Waals surface area contributed by atoms with Gasteiger partial charge in [-0.1, -0.05) is 121 Å². The summed E-state index contributed by atoms with van der Waals surface area (Å²) in [5, 5.41) is 12.2. The Hall–Kier alpha value is -7.10. The molecule has 1 aliphatic carbocycles. The summed E-state index contributed by atoms with van der Waals surface area (Å²) in [5.41, 5.74) is 14.1. The number of benzene rings is 9. The lowest BCUT2D eigenvalue weighted by molar-refractivity contribution is 0.669. The molecule has 3 heteroatoms. The molecular formula is C50H28N2O. The molecular weight excluding hydrogens is 645 g/mol. The van der Waals surface area contributed by atoms with E-state index < -0.39 is 0 Å². The first kappa shape index (κ1) is 27.6. The smallest absolute Gasteiger partial charge is 0.137 e. The summed E-state index contributed by atoms with van der Waals surface area (Å²) in [4.78, 5) is 0. The molecule has 3 aromatic heterocycles. The van der Waals surface area contributed by atoms with Crippen LogP contribution in [0.5, 0.6) is 0 Å². The van der Waals surface area contributed by atoms with Crippen LogP contribution in [0.2, 0.25) is 0 Å². The van der Waals surface area contributed by atoms with Gasteiger partial charge >= 0.3 is 0 Å². The predicted octanol–water partition coefficient (Wildman–Crippen LogP) is 13.7. The Balaban J connectivity index is 1.23. The SMILES string of the molecule is c1ccc2c(c1)-c1cccc3c(-n4c5ccccc5c5c4ccc4c6ccc7oc8ccccc8c7c6n(-c6ccc7ccccc7c6)c45)ccc-2c13. The third kappa shape index (κ3) is 3.44. The first-order chi connectivity index (χ1) is 26.3. The fraction of sp³-hybridized carbons (Fsp3) is 0. The number of rotatable bonds is 2. The molecule has 0 saturated carbocycles. The Morgan fingerprint density at radius 2 is 1.02 bits per heavy atom. The van der Waals surface area contributed by atoms with Crippen LogP contribution in [0.1, 0.15) is 0 Å². The van der Waals surface area contributed by atoms with E-state index >= 15 is 0 Å². The molecule has 0 spiro atoms. The van der Waals surface area contributed by atoms with E-state index in [1.54, 1.807) is 0 Å². The van der Waals surface area contributed by atoms with Crippen LogP contribution in [-0.2, 0) is 0 Å². The zero-order valence-electron chi connectivity index (χ0n) is 28.5. The first-order valence-electron chi connectivity index (χ1n) is 18.3. The summed E-state index contributed by atoms with van der Waals surface area (Å²) in [6.45, 7) is 0. The maximum atomic E-state index is 6.51. The van der Waals surface area contributed by atoms with Crippen molar-refractivity contribution in [2.75, 3.05) is 0 Å². The highest BCUT2D eigenvalue weighted by molar-refractivity contribution is 6.31. The Kier molecular flexibility index (Phi) is 5.11. The minimum absolute atomic E-state index is 0.899. The van der Waals surface area contributed by atoms with Gasteiger partial charge in [0.15, 0.2) is 0 Å². The van der Waals surface area contributed by atoms with Gasteiger partial charge in [0.05, 0.1) is 33.1 Å². The van der Waals surface area contributed by atoms with Crippen molar-refractivity contribution in [3.8, 4) is 33.6 Å². The van der Waals surface area contributed by atoms with Gasteiger partial charge in [-0.15, -0.1) is 0 Å². The Morgan fingerprint density at radius 3 is 1.91 bits per heavy atom. The van der Waals surface area contributed by atoms with Crippen LogP contribution >= 0.6 is 0 Å². The number of hydrogen-bond donors (Lipinski definition) is 0. The van der Waals surface area contributed by atoms with Crippen molar-refractivity contribution in [3.05, 3.63) is 170 Å². The molecule has 0 radical (unpaired) electrons. The minimum atomic E-state index is 0.899. The van der Waals surface area contributed by atoms with Crippen LogP contribution in [0.3, 0.4) is 0 Å². The standard InChI is InChI=1S/C50H28N2O/c1-2-11-30-28-31(21-20-29(30)10-1)51-49-36(37-24-27-45-48(50(37)51)40-15-6-8-19-44(40)53-45)23-26-43-47(49)39-14-5-7-18-41(39)52(43)42-25-22-35-33-13-4-3-12-32(33)34-16-9-17-38(42)46(34)35/h1-28H. The number of furan rings is 1. The molecule has 0 amide bonds. The maximum Gasteiger partial charge on any atom is 0.137 e. The van der Waals surface area contributed by atoms with E-state index in [9.17, 15) is 0 Å². The molecule has 3 nitrogen and oxygen atoms in total. The van der Waals surface area contributed by atoms with Gasteiger partial charge in [-0.3, -0.25) is 0 Å². The lowest BCUT2D eigenvalue weighted by Gasteiger charge is -2.14. The highest BCUT2D eigenvalue weighted by atomic mass is 16.3. The summed E-state index contributed by atoms with van der Waals surface area (Å²) in [5.74, 6) is 0. The highest BCUT2D eigenvalue weighted by Crippen LogP contribution is 2.50. The number of fused-ring (bicyclic) bond motifs is 15. The van der Waals surface area contributed by atoms with E-state index in [1.165, 1.54) is 93.1 Å². The predicted molar refractivity (Wildman–Crippen MR) is 222 cm³/mol. The third-order valence-electron chi connectivity index (χ3n) is 11.8. The van der Waals surface area contributed by atoms with Gasteiger partial charge in [0.2, 0.25) is 0 Å². The van der Waals surface area contributed by atoms with Crippen LogP contribution in [-0.4, -0.2) is 9.13 Å². The first-order valence-corrected chi connectivity index (χ1v) is 18.3. The summed E-state index contributed by atoms with van der Waals surface area (Å²) in [6.07, 6.45) is 0. The molecule has 53 heavy (non-hydrogen) atoms.